The van der Waals surface area contributed by atoms with Gasteiger partial charge in [-0.1, -0.05) is 13.8 Å². The Labute approximate surface area is 83.3 Å². The molecule has 14 heavy (non-hydrogen) atoms. The van der Waals surface area contributed by atoms with Crippen LogP contribution < -0.4 is 5.32 Å². The molecule has 0 bridgehead atoms. The van der Waals surface area contributed by atoms with E-state index >= 15 is 0 Å². The molecule has 78 valence electrons. The lowest BCUT2D eigenvalue weighted by molar-refractivity contribution is 0.0907. The van der Waals surface area contributed by atoms with Gasteiger partial charge in [-0.15, -0.1) is 0 Å². The smallest absolute Gasteiger partial charge is 0.267 e. The van der Waals surface area contributed by atoms with Crippen molar-refractivity contribution < 1.29 is 9.90 Å². The molecule has 0 saturated heterocycles. The van der Waals surface area contributed by atoms with Gasteiger partial charge < -0.3 is 15.4 Å². The molecule has 1 aromatic heterocycles. The number of hydrogen-bond acceptors (Lipinski definition) is 2. The number of aromatic amines is 1. The van der Waals surface area contributed by atoms with Gasteiger partial charge in [0.25, 0.3) is 5.91 Å². The van der Waals surface area contributed by atoms with E-state index in [1.807, 2.05) is 13.8 Å². The van der Waals surface area contributed by atoms with Gasteiger partial charge in [0.2, 0.25) is 0 Å². The summed E-state index contributed by atoms with van der Waals surface area (Å²) in [7, 11) is 0. The molecule has 0 unspecified atom stereocenters. The van der Waals surface area contributed by atoms with E-state index in [1.54, 1.807) is 18.3 Å². The third-order valence-corrected chi connectivity index (χ3v) is 2.00. The van der Waals surface area contributed by atoms with Crippen LogP contribution >= 0.6 is 0 Å². The third-order valence-electron chi connectivity index (χ3n) is 2.00. The second-order valence-corrected chi connectivity index (χ2v) is 4.09. The van der Waals surface area contributed by atoms with E-state index in [9.17, 15) is 4.79 Å². The van der Waals surface area contributed by atoms with Crippen molar-refractivity contribution in [2.75, 3.05) is 13.2 Å². The van der Waals surface area contributed by atoms with Gasteiger partial charge in [0.05, 0.1) is 0 Å². The summed E-state index contributed by atoms with van der Waals surface area (Å²) < 4.78 is 0. The Morgan fingerprint density at radius 1 is 1.64 bits per heavy atom. The number of H-pyrrole nitrogens is 1. The monoisotopic (exact) mass is 196 g/mol. The van der Waals surface area contributed by atoms with E-state index < -0.39 is 0 Å². The molecule has 1 rings (SSSR count). The lowest BCUT2D eigenvalue weighted by Crippen LogP contribution is -2.36. The first-order valence-corrected chi connectivity index (χ1v) is 4.58. The van der Waals surface area contributed by atoms with Crippen LogP contribution in [0.25, 0.3) is 0 Å². The van der Waals surface area contributed by atoms with Crippen molar-refractivity contribution in [2.45, 2.75) is 13.8 Å². The van der Waals surface area contributed by atoms with E-state index in [4.69, 9.17) is 5.11 Å². The largest absolute Gasteiger partial charge is 0.396 e. The molecule has 4 heteroatoms. The topological polar surface area (TPSA) is 65.1 Å². The Kier molecular flexibility index (Phi) is 3.30. The van der Waals surface area contributed by atoms with Crippen molar-refractivity contribution in [1.82, 2.24) is 10.3 Å². The number of aliphatic hydroxyl groups excluding tert-OH is 1. The molecule has 1 heterocycles. The van der Waals surface area contributed by atoms with E-state index in [0.29, 0.717) is 12.2 Å². The minimum atomic E-state index is -0.276. The molecule has 3 N–H and O–H groups in total. The summed E-state index contributed by atoms with van der Waals surface area (Å²) in [6, 6.07) is 3.48. The molecule has 0 aliphatic rings. The van der Waals surface area contributed by atoms with Crippen LogP contribution in [0.2, 0.25) is 0 Å². The zero-order valence-electron chi connectivity index (χ0n) is 8.50. The van der Waals surface area contributed by atoms with Gasteiger partial charge in [0.1, 0.15) is 5.69 Å². The van der Waals surface area contributed by atoms with Gasteiger partial charge in [-0.05, 0) is 12.1 Å². The number of aromatic nitrogens is 1. The molecular formula is C10H16N2O2. The fraction of sp³-hybridized carbons (Fsp3) is 0.500. The van der Waals surface area contributed by atoms with Crippen LogP contribution in [0.3, 0.4) is 0 Å². The van der Waals surface area contributed by atoms with Crippen molar-refractivity contribution >= 4 is 5.91 Å². The summed E-state index contributed by atoms with van der Waals surface area (Å²) in [5.74, 6) is -0.142. The first kappa shape index (κ1) is 10.8. The van der Waals surface area contributed by atoms with Gasteiger partial charge >= 0.3 is 0 Å². The van der Waals surface area contributed by atoms with Crippen molar-refractivity contribution in [2.24, 2.45) is 5.41 Å². The standard InChI is InChI=1S/C10H16N2O2/c1-10(2,7-13)6-12-9(14)8-4-3-5-11-8/h3-5,11,13H,6-7H2,1-2H3,(H,12,14). The molecule has 0 saturated carbocycles. The molecule has 0 radical (unpaired) electrons. The molecule has 0 atom stereocenters. The average molecular weight is 196 g/mol. The molecule has 0 aliphatic carbocycles. The fourth-order valence-electron chi connectivity index (χ4n) is 0.942. The van der Waals surface area contributed by atoms with Crippen molar-refractivity contribution in [3.63, 3.8) is 0 Å². The summed E-state index contributed by atoms with van der Waals surface area (Å²) in [5, 5.41) is 11.7. The van der Waals surface area contributed by atoms with Crippen LogP contribution in [0.1, 0.15) is 24.3 Å². The van der Waals surface area contributed by atoms with E-state index in [1.165, 1.54) is 0 Å². The molecule has 4 nitrogen and oxygen atoms in total. The first-order chi connectivity index (χ1) is 6.55. The second-order valence-electron chi connectivity index (χ2n) is 4.09. The van der Waals surface area contributed by atoms with Crippen LogP contribution in [0.5, 0.6) is 0 Å². The Balaban J connectivity index is 2.43. The zero-order chi connectivity index (χ0) is 10.6. The number of rotatable bonds is 4. The van der Waals surface area contributed by atoms with Crippen LogP contribution in [0, 0.1) is 5.41 Å². The van der Waals surface area contributed by atoms with Gasteiger partial charge in [-0.2, -0.15) is 0 Å². The minimum Gasteiger partial charge on any atom is -0.396 e. The molecule has 0 aromatic carbocycles. The highest BCUT2D eigenvalue weighted by molar-refractivity contribution is 5.92. The molecule has 0 fully saturated rings. The Bertz CT molecular complexity index is 291. The van der Waals surface area contributed by atoms with Crippen LogP contribution in [0.4, 0.5) is 0 Å². The van der Waals surface area contributed by atoms with Gasteiger partial charge in [-0.25, -0.2) is 0 Å². The maximum atomic E-state index is 11.4. The van der Waals surface area contributed by atoms with Crippen molar-refractivity contribution in [3.8, 4) is 0 Å². The van der Waals surface area contributed by atoms with Crippen LogP contribution in [-0.2, 0) is 0 Å². The van der Waals surface area contributed by atoms with Gasteiger partial charge in [-0.3, -0.25) is 4.79 Å². The highest BCUT2D eigenvalue weighted by Gasteiger charge is 2.17. The molecular weight excluding hydrogens is 180 g/mol. The maximum Gasteiger partial charge on any atom is 0.267 e. The number of carbonyl (C=O) groups is 1. The van der Waals surface area contributed by atoms with E-state index in [-0.39, 0.29) is 17.9 Å². The van der Waals surface area contributed by atoms with Crippen molar-refractivity contribution in [1.29, 1.82) is 0 Å². The van der Waals surface area contributed by atoms with Crippen molar-refractivity contribution in [3.05, 3.63) is 24.0 Å². The molecule has 0 spiro atoms. The highest BCUT2D eigenvalue weighted by atomic mass is 16.3. The summed E-state index contributed by atoms with van der Waals surface area (Å²) in [6.07, 6.45) is 1.70. The normalized spacial score (nSPS) is 11.4. The number of carbonyl (C=O) groups excluding carboxylic acids is 1. The lowest BCUT2D eigenvalue weighted by atomic mass is 9.95. The Morgan fingerprint density at radius 2 is 2.36 bits per heavy atom. The van der Waals surface area contributed by atoms with Crippen LogP contribution in [-0.4, -0.2) is 29.1 Å². The predicted octanol–water partition coefficient (Wildman–Crippen LogP) is 0.763. The number of hydrogen-bond donors (Lipinski definition) is 3. The van der Waals surface area contributed by atoms with Gasteiger partial charge in [0.15, 0.2) is 0 Å². The summed E-state index contributed by atoms with van der Waals surface area (Å²) in [4.78, 5) is 14.3. The number of amides is 1. The highest BCUT2D eigenvalue weighted by Crippen LogP contribution is 2.11. The SMILES string of the molecule is CC(C)(CO)CNC(=O)c1ccc[nH]1. The summed E-state index contributed by atoms with van der Waals surface area (Å²) >= 11 is 0. The number of aliphatic hydroxyl groups is 1. The molecule has 1 amide bonds. The predicted molar refractivity (Wildman–Crippen MR) is 54.0 cm³/mol. The maximum absolute atomic E-state index is 11.4. The summed E-state index contributed by atoms with van der Waals surface area (Å²) in [5.41, 5.74) is 0.265. The lowest BCUT2D eigenvalue weighted by Gasteiger charge is -2.21. The molecule has 0 aliphatic heterocycles. The number of nitrogens with one attached hydrogen (secondary N) is 2. The Hall–Kier alpha value is -1.29. The minimum absolute atomic E-state index is 0.0536. The Morgan fingerprint density at radius 3 is 2.86 bits per heavy atom. The third kappa shape index (κ3) is 2.88. The van der Waals surface area contributed by atoms with Gasteiger partial charge in [0, 0.05) is 24.8 Å². The average Bonchev–Trinajstić information content (AvgIpc) is 2.67. The van der Waals surface area contributed by atoms with Crippen LogP contribution in [0.15, 0.2) is 18.3 Å². The quantitative estimate of drug-likeness (QED) is 0.665. The fourth-order valence-corrected chi connectivity index (χ4v) is 0.942. The second kappa shape index (κ2) is 4.28. The van der Waals surface area contributed by atoms with E-state index in [2.05, 4.69) is 10.3 Å². The zero-order valence-corrected chi connectivity index (χ0v) is 8.50. The van der Waals surface area contributed by atoms with E-state index in [0.717, 1.165) is 0 Å². The first-order valence-electron chi connectivity index (χ1n) is 4.58. The molecule has 1 aromatic rings. The summed E-state index contributed by atoms with van der Waals surface area (Å²) in [6.45, 7) is 4.29.